The van der Waals surface area contributed by atoms with Crippen LogP contribution in [0.1, 0.15) is 47.5 Å². The lowest BCUT2D eigenvalue weighted by molar-refractivity contribution is 0.204. The van der Waals surface area contributed by atoms with Crippen LogP contribution < -0.4 is 5.73 Å². The Balaban J connectivity index is 3.99. The molecule has 0 bridgehead atoms. The zero-order chi connectivity index (χ0) is 12.6. The molecule has 0 aromatic heterocycles. The van der Waals surface area contributed by atoms with Crippen molar-refractivity contribution in [3.05, 3.63) is 0 Å². The van der Waals surface area contributed by atoms with Gasteiger partial charge in [0.15, 0.2) is 0 Å². The summed E-state index contributed by atoms with van der Waals surface area (Å²) in [6, 6.07) is 0. The third-order valence-corrected chi connectivity index (χ3v) is 3.01. The third-order valence-electron chi connectivity index (χ3n) is 3.01. The van der Waals surface area contributed by atoms with Crippen LogP contribution >= 0.6 is 0 Å². The molecule has 0 saturated heterocycles. The summed E-state index contributed by atoms with van der Waals surface area (Å²) < 4.78 is 0. The maximum atomic E-state index is 5.75. The van der Waals surface area contributed by atoms with Gasteiger partial charge in [0.05, 0.1) is 0 Å². The van der Waals surface area contributed by atoms with Gasteiger partial charge in [0.25, 0.3) is 0 Å². The first-order valence-corrected chi connectivity index (χ1v) is 6.91. The minimum atomic E-state index is 0.710. The smallest absolute Gasteiger partial charge is 0.000450 e. The zero-order valence-corrected chi connectivity index (χ0v) is 12.0. The van der Waals surface area contributed by atoms with Crippen LogP contribution in [0.3, 0.4) is 0 Å². The average molecular weight is 228 g/mol. The Labute approximate surface area is 103 Å². The first-order chi connectivity index (χ1) is 7.49. The minimum Gasteiger partial charge on any atom is -0.330 e. The summed E-state index contributed by atoms with van der Waals surface area (Å²) in [7, 11) is 0. The van der Waals surface area contributed by atoms with E-state index in [1.165, 1.54) is 32.5 Å². The quantitative estimate of drug-likeness (QED) is 0.657. The van der Waals surface area contributed by atoms with Crippen molar-refractivity contribution in [2.24, 2.45) is 23.5 Å². The predicted molar refractivity (Wildman–Crippen MR) is 73.6 cm³/mol. The molecule has 16 heavy (non-hydrogen) atoms. The van der Waals surface area contributed by atoms with Gasteiger partial charge in [0.2, 0.25) is 0 Å². The fourth-order valence-electron chi connectivity index (χ4n) is 2.14. The Morgan fingerprint density at radius 2 is 1.50 bits per heavy atom. The Kier molecular flexibility index (Phi) is 8.96. The fraction of sp³-hybridized carbons (Fsp3) is 1.00. The number of hydrogen-bond donors (Lipinski definition) is 1. The van der Waals surface area contributed by atoms with Crippen molar-refractivity contribution in [3.8, 4) is 0 Å². The number of nitrogens with zero attached hydrogens (tertiary/aromatic N) is 1. The van der Waals surface area contributed by atoms with Gasteiger partial charge < -0.3 is 10.6 Å². The van der Waals surface area contributed by atoms with E-state index in [-0.39, 0.29) is 0 Å². The van der Waals surface area contributed by atoms with Gasteiger partial charge in [-0.05, 0) is 37.3 Å². The molecule has 1 unspecified atom stereocenters. The van der Waals surface area contributed by atoms with Crippen LogP contribution in [-0.2, 0) is 0 Å². The van der Waals surface area contributed by atoms with Gasteiger partial charge in [0, 0.05) is 13.1 Å². The van der Waals surface area contributed by atoms with Gasteiger partial charge in [-0.1, -0.05) is 41.0 Å². The second-order valence-corrected chi connectivity index (χ2v) is 5.85. The van der Waals surface area contributed by atoms with E-state index in [1.54, 1.807) is 0 Å². The monoisotopic (exact) mass is 228 g/mol. The molecule has 98 valence electrons. The molecule has 0 heterocycles. The molecule has 2 heteroatoms. The van der Waals surface area contributed by atoms with Crippen molar-refractivity contribution in [2.75, 3.05) is 26.2 Å². The van der Waals surface area contributed by atoms with Crippen molar-refractivity contribution in [3.63, 3.8) is 0 Å². The molecule has 0 aromatic carbocycles. The molecule has 0 rings (SSSR count). The van der Waals surface area contributed by atoms with E-state index in [4.69, 9.17) is 5.73 Å². The summed E-state index contributed by atoms with van der Waals surface area (Å²) in [5.74, 6) is 2.23. The minimum absolute atomic E-state index is 0.710. The lowest BCUT2D eigenvalue weighted by Crippen LogP contribution is -2.33. The largest absolute Gasteiger partial charge is 0.330 e. The fourth-order valence-corrected chi connectivity index (χ4v) is 2.14. The lowest BCUT2D eigenvalue weighted by atomic mass is 10.0. The van der Waals surface area contributed by atoms with E-state index >= 15 is 0 Å². The van der Waals surface area contributed by atoms with Gasteiger partial charge >= 0.3 is 0 Å². The summed E-state index contributed by atoms with van der Waals surface area (Å²) in [5.41, 5.74) is 5.75. The molecule has 0 aliphatic heterocycles. The molecule has 0 aliphatic rings. The molecule has 2 nitrogen and oxygen atoms in total. The molecule has 0 aliphatic carbocycles. The number of hydrogen-bond acceptors (Lipinski definition) is 2. The van der Waals surface area contributed by atoms with Gasteiger partial charge in [-0.15, -0.1) is 0 Å². The van der Waals surface area contributed by atoms with Crippen LogP contribution in [0, 0.1) is 17.8 Å². The highest BCUT2D eigenvalue weighted by Gasteiger charge is 2.11. The zero-order valence-electron chi connectivity index (χ0n) is 12.0. The van der Waals surface area contributed by atoms with Crippen LogP contribution in [0.5, 0.6) is 0 Å². The lowest BCUT2D eigenvalue weighted by Gasteiger charge is -2.27. The molecule has 0 spiro atoms. The molecule has 0 radical (unpaired) electrons. The molecule has 2 N–H and O–H groups in total. The SMILES string of the molecule is CCC(CN)CCN(CC(C)C)CC(C)C. The normalized spacial score (nSPS) is 14.1. The van der Waals surface area contributed by atoms with Crippen LogP contribution in [0.4, 0.5) is 0 Å². The van der Waals surface area contributed by atoms with Crippen LogP contribution in [-0.4, -0.2) is 31.1 Å². The van der Waals surface area contributed by atoms with Gasteiger partial charge in [-0.2, -0.15) is 0 Å². The third kappa shape index (κ3) is 8.12. The van der Waals surface area contributed by atoms with Crippen LogP contribution in [0.15, 0.2) is 0 Å². The molecule has 0 saturated carbocycles. The van der Waals surface area contributed by atoms with Gasteiger partial charge in [-0.25, -0.2) is 0 Å². The molecule has 1 atom stereocenters. The second-order valence-electron chi connectivity index (χ2n) is 5.85. The van der Waals surface area contributed by atoms with E-state index < -0.39 is 0 Å². The van der Waals surface area contributed by atoms with Crippen molar-refractivity contribution < 1.29 is 0 Å². The average Bonchev–Trinajstić information content (AvgIpc) is 2.17. The summed E-state index contributed by atoms with van der Waals surface area (Å²) in [5, 5.41) is 0. The predicted octanol–water partition coefficient (Wildman–Crippen LogP) is 2.98. The highest BCUT2D eigenvalue weighted by Crippen LogP contribution is 2.10. The van der Waals surface area contributed by atoms with Crippen molar-refractivity contribution in [2.45, 2.75) is 47.5 Å². The standard InChI is InChI=1S/C14H32N2/c1-6-14(9-15)7-8-16(10-12(2)3)11-13(4)5/h12-14H,6-11,15H2,1-5H3. The molecule has 0 fully saturated rings. The first-order valence-electron chi connectivity index (χ1n) is 6.91. The Hall–Kier alpha value is -0.0800. The number of nitrogens with two attached hydrogens (primary N) is 1. The van der Waals surface area contributed by atoms with E-state index in [0.29, 0.717) is 5.92 Å². The van der Waals surface area contributed by atoms with Crippen LogP contribution in [0.25, 0.3) is 0 Å². The second kappa shape index (κ2) is 9.00. The molecule has 0 amide bonds. The summed E-state index contributed by atoms with van der Waals surface area (Å²) in [4.78, 5) is 2.60. The highest BCUT2D eigenvalue weighted by atomic mass is 15.1. The van der Waals surface area contributed by atoms with Gasteiger partial charge in [-0.3, -0.25) is 0 Å². The van der Waals surface area contributed by atoms with Crippen LogP contribution in [0.2, 0.25) is 0 Å². The first kappa shape index (κ1) is 15.9. The van der Waals surface area contributed by atoms with Gasteiger partial charge in [0.1, 0.15) is 0 Å². The van der Waals surface area contributed by atoms with E-state index in [1.807, 2.05) is 0 Å². The van der Waals surface area contributed by atoms with E-state index in [0.717, 1.165) is 18.4 Å². The molecule has 0 aromatic rings. The van der Waals surface area contributed by atoms with E-state index in [9.17, 15) is 0 Å². The highest BCUT2D eigenvalue weighted by molar-refractivity contribution is 4.66. The number of rotatable bonds is 9. The Morgan fingerprint density at radius 3 is 1.81 bits per heavy atom. The van der Waals surface area contributed by atoms with Crippen molar-refractivity contribution >= 4 is 0 Å². The maximum absolute atomic E-state index is 5.75. The maximum Gasteiger partial charge on any atom is 0.000450 e. The van der Waals surface area contributed by atoms with Crippen molar-refractivity contribution in [1.29, 1.82) is 0 Å². The Morgan fingerprint density at radius 1 is 1.00 bits per heavy atom. The molecular formula is C14H32N2. The molecular weight excluding hydrogens is 196 g/mol. The summed E-state index contributed by atoms with van der Waals surface area (Å²) >= 11 is 0. The Bertz CT molecular complexity index is 141. The summed E-state index contributed by atoms with van der Waals surface area (Å²) in [6.07, 6.45) is 2.47. The van der Waals surface area contributed by atoms with E-state index in [2.05, 4.69) is 39.5 Å². The van der Waals surface area contributed by atoms with Crippen molar-refractivity contribution in [1.82, 2.24) is 4.90 Å². The summed E-state index contributed by atoms with van der Waals surface area (Å²) in [6.45, 7) is 15.9. The topological polar surface area (TPSA) is 29.3 Å².